The summed E-state index contributed by atoms with van der Waals surface area (Å²) in [6, 6.07) is 0. The predicted octanol–water partition coefficient (Wildman–Crippen LogP) is 2.74. The van der Waals surface area contributed by atoms with Crippen molar-refractivity contribution in [3.63, 3.8) is 0 Å². The van der Waals surface area contributed by atoms with E-state index in [4.69, 9.17) is 0 Å². The first-order valence-electron chi connectivity index (χ1n) is 2.90. The van der Waals surface area contributed by atoms with Gasteiger partial charge < -0.3 is 0 Å². The molecule has 0 nitrogen and oxygen atoms in total. The van der Waals surface area contributed by atoms with Crippen LogP contribution in [0.1, 0.15) is 6.42 Å². The minimum atomic E-state index is -4.00. The van der Waals surface area contributed by atoms with Gasteiger partial charge in [0.05, 0.1) is 0 Å². The Morgan fingerprint density at radius 2 is 1.60 bits per heavy atom. The summed E-state index contributed by atoms with van der Waals surface area (Å²) in [7, 11) is 0. The molecule has 1 aliphatic heterocycles. The van der Waals surface area contributed by atoms with Crippen LogP contribution >= 0.6 is 23.5 Å². The summed E-state index contributed by atoms with van der Waals surface area (Å²) >= 11 is 2.02. The molecule has 0 N–H and O–H groups in total. The highest BCUT2D eigenvalue weighted by Gasteiger charge is 2.41. The van der Waals surface area contributed by atoms with E-state index in [0.717, 1.165) is 29.9 Å². The van der Waals surface area contributed by atoms with Gasteiger partial charge in [-0.3, -0.25) is 0 Å². The molecule has 5 heteroatoms. The first-order chi connectivity index (χ1) is 4.61. The van der Waals surface area contributed by atoms with Gasteiger partial charge in [0, 0.05) is 0 Å². The van der Waals surface area contributed by atoms with Gasteiger partial charge in [0.1, 0.15) is 4.58 Å². The van der Waals surface area contributed by atoms with Crippen molar-refractivity contribution < 1.29 is 13.2 Å². The molecule has 1 aliphatic rings. The van der Waals surface area contributed by atoms with Crippen molar-refractivity contribution in [2.75, 3.05) is 11.5 Å². The van der Waals surface area contributed by atoms with Crippen LogP contribution < -0.4 is 0 Å². The number of hydrogen-bond acceptors (Lipinski definition) is 2. The van der Waals surface area contributed by atoms with Gasteiger partial charge in [0.15, 0.2) is 0 Å². The highest BCUT2D eigenvalue weighted by Crippen LogP contribution is 2.41. The first-order valence-corrected chi connectivity index (χ1v) is 5.00. The molecular weight excluding hydrogens is 181 g/mol. The molecule has 0 aromatic carbocycles. The van der Waals surface area contributed by atoms with E-state index in [2.05, 4.69) is 0 Å². The molecule has 1 heterocycles. The molecule has 60 valence electrons. The van der Waals surface area contributed by atoms with E-state index in [1.807, 2.05) is 0 Å². The van der Waals surface area contributed by atoms with Crippen LogP contribution in [0.15, 0.2) is 0 Å². The van der Waals surface area contributed by atoms with E-state index in [-0.39, 0.29) is 0 Å². The second kappa shape index (κ2) is 3.26. The SMILES string of the molecule is FC(F)(F)C1SCCCS1. The Balaban J connectivity index is 2.39. The molecule has 0 aromatic rings. The van der Waals surface area contributed by atoms with Crippen LogP contribution in [0.5, 0.6) is 0 Å². The molecule has 1 rings (SSSR count). The molecule has 0 spiro atoms. The van der Waals surface area contributed by atoms with Crippen LogP contribution in [0.3, 0.4) is 0 Å². The lowest BCUT2D eigenvalue weighted by Gasteiger charge is -2.22. The third-order valence-corrected chi connectivity index (χ3v) is 4.10. The van der Waals surface area contributed by atoms with Crippen molar-refractivity contribution in [3.05, 3.63) is 0 Å². The molecule has 0 aliphatic carbocycles. The summed E-state index contributed by atoms with van der Waals surface area (Å²) in [5.41, 5.74) is 0. The van der Waals surface area contributed by atoms with Crippen LogP contribution in [0.4, 0.5) is 13.2 Å². The first kappa shape index (κ1) is 8.59. The minimum Gasteiger partial charge on any atom is -0.169 e. The lowest BCUT2D eigenvalue weighted by Crippen LogP contribution is -2.25. The highest BCUT2D eigenvalue weighted by atomic mass is 32.2. The molecule has 1 saturated heterocycles. The number of rotatable bonds is 0. The van der Waals surface area contributed by atoms with Crippen LogP contribution in [0.25, 0.3) is 0 Å². The number of alkyl halides is 3. The minimum absolute atomic E-state index is 0.650. The Bertz CT molecular complexity index is 106. The van der Waals surface area contributed by atoms with Crippen molar-refractivity contribution >= 4 is 23.5 Å². The van der Waals surface area contributed by atoms with Crippen molar-refractivity contribution in [2.45, 2.75) is 17.2 Å². The Kier molecular flexibility index (Phi) is 2.80. The van der Waals surface area contributed by atoms with Crippen molar-refractivity contribution in [1.82, 2.24) is 0 Å². The summed E-state index contributed by atoms with van der Waals surface area (Å²) in [5.74, 6) is 1.30. The zero-order chi connectivity index (χ0) is 7.61. The molecule has 0 unspecified atom stereocenters. The van der Waals surface area contributed by atoms with Crippen molar-refractivity contribution in [3.8, 4) is 0 Å². The van der Waals surface area contributed by atoms with Crippen LogP contribution in [-0.2, 0) is 0 Å². The molecule has 0 saturated carbocycles. The van der Waals surface area contributed by atoms with Gasteiger partial charge in [-0.05, 0) is 17.9 Å². The van der Waals surface area contributed by atoms with Gasteiger partial charge in [0.25, 0.3) is 0 Å². The van der Waals surface area contributed by atoms with E-state index in [1.165, 1.54) is 0 Å². The number of halogens is 3. The van der Waals surface area contributed by atoms with Gasteiger partial charge in [0.2, 0.25) is 0 Å². The second-order valence-corrected chi connectivity index (χ2v) is 4.69. The monoisotopic (exact) mass is 188 g/mol. The third-order valence-electron chi connectivity index (χ3n) is 1.09. The average molecular weight is 188 g/mol. The Labute approximate surface area is 65.9 Å². The lowest BCUT2D eigenvalue weighted by atomic mass is 10.6. The quantitative estimate of drug-likeness (QED) is 0.573. The Morgan fingerprint density at radius 3 is 1.90 bits per heavy atom. The number of thioether (sulfide) groups is 2. The molecule has 1 fully saturated rings. The largest absolute Gasteiger partial charge is 0.409 e. The summed E-state index contributed by atoms with van der Waals surface area (Å²) in [5, 5.41) is 0. The Morgan fingerprint density at radius 1 is 1.10 bits per heavy atom. The maximum atomic E-state index is 11.9. The molecule has 0 bridgehead atoms. The normalized spacial score (nSPS) is 23.1. The molecular formula is C5H7F3S2. The number of hydrogen-bond donors (Lipinski definition) is 0. The maximum absolute atomic E-state index is 11.9. The van der Waals surface area contributed by atoms with Gasteiger partial charge in [-0.15, -0.1) is 23.5 Å². The fourth-order valence-electron chi connectivity index (χ4n) is 0.677. The van der Waals surface area contributed by atoms with Gasteiger partial charge in [-0.1, -0.05) is 0 Å². The molecule has 0 atom stereocenters. The van der Waals surface area contributed by atoms with E-state index in [0.29, 0.717) is 11.5 Å². The fraction of sp³-hybridized carbons (Fsp3) is 1.00. The topological polar surface area (TPSA) is 0 Å². The summed E-state index contributed by atoms with van der Waals surface area (Å²) < 4.78 is 34.5. The molecule has 0 aromatic heterocycles. The summed E-state index contributed by atoms with van der Waals surface area (Å²) in [6.45, 7) is 0. The van der Waals surface area contributed by atoms with Crippen LogP contribution in [0.2, 0.25) is 0 Å². The smallest absolute Gasteiger partial charge is 0.169 e. The average Bonchev–Trinajstić information content (AvgIpc) is 1.88. The summed E-state index contributed by atoms with van der Waals surface area (Å²) in [4.78, 5) is 0. The maximum Gasteiger partial charge on any atom is 0.409 e. The van der Waals surface area contributed by atoms with E-state index in [1.54, 1.807) is 0 Å². The fourth-order valence-corrected chi connectivity index (χ4v) is 3.25. The van der Waals surface area contributed by atoms with Crippen molar-refractivity contribution in [1.29, 1.82) is 0 Å². The van der Waals surface area contributed by atoms with E-state index in [9.17, 15) is 13.2 Å². The van der Waals surface area contributed by atoms with Crippen LogP contribution in [0, 0.1) is 0 Å². The Hall–Kier alpha value is 0.490. The van der Waals surface area contributed by atoms with Crippen molar-refractivity contribution in [2.24, 2.45) is 0 Å². The standard InChI is InChI=1S/C5H7F3S2/c6-5(7,8)4-9-2-1-3-10-4/h4H,1-3H2. The molecule has 0 radical (unpaired) electrons. The van der Waals surface area contributed by atoms with Crippen LogP contribution in [-0.4, -0.2) is 22.3 Å². The lowest BCUT2D eigenvalue weighted by molar-refractivity contribution is -0.112. The van der Waals surface area contributed by atoms with Gasteiger partial charge in [-0.25, -0.2) is 0 Å². The third kappa shape index (κ3) is 2.27. The predicted molar refractivity (Wildman–Crippen MR) is 39.4 cm³/mol. The van der Waals surface area contributed by atoms with Gasteiger partial charge >= 0.3 is 6.18 Å². The van der Waals surface area contributed by atoms with E-state index >= 15 is 0 Å². The summed E-state index contributed by atoms with van der Waals surface area (Å²) in [6.07, 6.45) is -3.10. The van der Waals surface area contributed by atoms with E-state index < -0.39 is 10.8 Å². The molecule has 10 heavy (non-hydrogen) atoms. The second-order valence-electron chi connectivity index (χ2n) is 1.97. The molecule has 0 amide bonds. The highest BCUT2D eigenvalue weighted by molar-refractivity contribution is 8.17. The zero-order valence-corrected chi connectivity index (χ0v) is 6.78. The van der Waals surface area contributed by atoms with Gasteiger partial charge in [-0.2, -0.15) is 13.2 Å². The zero-order valence-electron chi connectivity index (χ0n) is 5.15.